The molecule has 142 valence electrons. The number of guanidine groups is 1. The summed E-state index contributed by atoms with van der Waals surface area (Å²) in [5, 5.41) is 6.51. The third-order valence-electron chi connectivity index (χ3n) is 3.69. The summed E-state index contributed by atoms with van der Waals surface area (Å²) < 4.78 is 18.3. The van der Waals surface area contributed by atoms with Crippen LogP contribution < -0.4 is 10.6 Å². The third-order valence-corrected chi connectivity index (χ3v) is 3.69. The van der Waals surface area contributed by atoms with Gasteiger partial charge in [-0.1, -0.05) is 36.4 Å². The minimum Gasteiger partial charge on any atom is -0.380 e. The number of hydrogen-bond donors (Lipinski definition) is 2. The van der Waals surface area contributed by atoms with Crippen molar-refractivity contribution in [3.63, 3.8) is 0 Å². The Kier molecular flexibility index (Phi) is 10.9. The van der Waals surface area contributed by atoms with Crippen LogP contribution in [0.4, 0.5) is 4.39 Å². The summed E-state index contributed by atoms with van der Waals surface area (Å²) in [6.07, 6.45) is 0.744. The van der Waals surface area contributed by atoms with Crippen molar-refractivity contribution in [2.75, 3.05) is 20.2 Å². The highest BCUT2D eigenvalue weighted by Crippen LogP contribution is 2.07. The lowest BCUT2D eigenvalue weighted by molar-refractivity contribution is 0.185. The quantitative estimate of drug-likeness (QED) is 0.349. The number of aliphatic imine (C=N–C) groups is 1. The van der Waals surface area contributed by atoms with Gasteiger partial charge in [0, 0.05) is 20.2 Å². The molecule has 6 heteroatoms. The van der Waals surface area contributed by atoms with E-state index in [4.69, 9.17) is 4.74 Å². The molecule has 0 amide bonds. The van der Waals surface area contributed by atoms with Gasteiger partial charge < -0.3 is 15.4 Å². The Bertz CT molecular complexity index is 677. The second-order valence-corrected chi connectivity index (χ2v) is 5.75. The van der Waals surface area contributed by atoms with Gasteiger partial charge in [0.15, 0.2) is 5.96 Å². The molecule has 0 aromatic heterocycles. The summed E-state index contributed by atoms with van der Waals surface area (Å²) in [6.45, 7) is 4.74. The van der Waals surface area contributed by atoms with E-state index in [0.717, 1.165) is 35.6 Å². The van der Waals surface area contributed by atoms with E-state index in [9.17, 15) is 4.39 Å². The molecule has 4 nitrogen and oxygen atoms in total. The molecule has 0 radical (unpaired) electrons. The Balaban J connectivity index is 0.00000338. The van der Waals surface area contributed by atoms with Gasteiger partial charge in [0.2, 0.25) is 0 Å². The molecular formula is C20H27FIN3O. The van der Waals surface area contributed by atoms with Gasteiger partial charge in [0.1, 0.15) is 5.82 Å². The van der Waals surface area contributed by atoms with E-state index in [1.54, 1.807) is 19.2 Å². The van der Waals surface area contributed by atoms with Gasteiger partial charge in [0.25, 0.3) is 0 Å². The van der Waals surface area contributed by atoms with E-state index in [-0.39, 0.29) is 29.8 Å². The highest BCUT2D eigenvalue weighted by Gasteiger charge is 2.00. The topological polar surface area (TPSA) is 45.7 Å². The number of nitrogens with zero attached hydrogens (tertiary/aromatic N) is 1. The van der Waals surface area contributed by atoms with Gasteiger partial charge in [-0.2, -0.15) is 0 Å². The predicted octanol–water partition coefficient (Wildman–Crippen LogP) is 3.89. The molecule has 0 heterocycles. The van der Waals surface area contributed by atoms with Crippen LogP contribution in [0.3, 0.4) is 0 Å². The number of rotatable bonds is 8. The smallest absolute Gasteiger partial charge is 0.191 e. The highest BCUT2D eigenvalue weighted by atomic mass is 127. The molecular weight excluding hydrogens is 444 g/mol. The highest BCUT2D eigenvalue weighted by molar-refractivity contribution is 14.0. The third kappa shape index (κ3) is 8.14. The minimum atomic E-state index is -0.199. The van der Waals surface area contributed by atoms with Crippen LogP contribution in [0.15, 0.2) is 53.5 Å². The van der Waals surface area contributed by atoms with E-state index >= 15 is 0 Å². The van der Waals surface area contributed by atoms with Crippen LogP contribution >= 0.6 is 24.0 Å². The van der Waals surface area contributed by atoms with Crippen molar-refractivity contribution >= 4 is 29.9 Å². The van der Waals surface area contributed by atoms with Crippen LogP contribution in [0.2, 0.25) is 0 Å². The van der Waals surface area contributed by atoms with Gasteiger partial charge in [-0.3, -0.25) is 0 Å². The Morgan fingerprint density at radius 1 is 1.04 bits per heavy atom. The molecule has 0 aliphatic carbocycles. The molecule has 0 saturated heterocycles. The molecule has 2 aromatic carbocycles. The number of benzene rings is 2. The van der Waals surface area contributed by atoms with Crippen molar-refractivity contribution in [2.24, 2.45) is 4.99 Å². The van der Waals surface area contributed by atoms with Gasteiger partial charge in [0.05, 0.1) is 13.2 Å². The zero-order valence-corrected chi connectivity index (χ0v) is 17.6. The maximum atomic E-state index is 13.2. The summed E-state index contributed by atoms with van der Waals surface area (Å²) in [7, 11) is 1.69. The van der Waals surface area contributed by atoms with Crippen molar-refractivity contribution in [2.45, 2.75) is 26.5 Å². The predicted molar refractivity (Wildman–Crippen MR) is 115 cm³/mol. The number of methoxy groups -OCH3 is 1. The number of hydrogen-bond acceptors (Lipinski definition) is 2. The summed E-state index contributed by atoms with van der Waals surface area (Å²) in [5.74, 6) is 0.565. The van der Waals surface area contributed by atoms with E-state index < -0.39 is 0 Å². The lowest BCUT2D eigenvalue weighted by Gasteiger charge is -2.11. The standard InChI is InChI=1S/C20H26FN3O.HI/c1-3-22-20(23-12-11-16-5-4-6-19(21)13-16)24-14-17-7-9-18(10-8-17)15-25-2;/h4-10,13H,3,11-12,14-15H2,1-2H3,(H2,22,23,24);1H. The number of halogens is 2. The normalized spacial score (nSPS) is 11.0. The van der Waals surface area contributed by atoms with Gasteiger partial charge in [-0.05, 0) is 42.2 Å². The van der Waals surface area contributed by atoms with E-state index in [2.05, 4.69) is 39.9 Å². The molecule has 0 spiro atoms. The molecule has 2 rings (SSSR count). The molecule has 0 bridgehead atoms. The van der Waals surface area contributed by atoms with Crippen LogP contribution in [0, 0.1) is 5.82 Å². The van der Waals surface area contributed by atoms with E-state index in [1.807, 2.05) is 13.0 Å². The maximum Gasteiger partial charge on any atom is 0.191 e. The van der Waals surface area contributed by atoms with Gasteiger partial charge in [-0.25, -0.2) is 9.38 Å². The van der Waals surface area contributed by atoms with Crippen LogP contribution in [0.25, 0.3) is 0 Å². The number of nitrogens with one attached hydrogen (secondary N) is 2. The van der Waals surface area contributed by atoms with Crippen LogP contribution in [-0.4, -0.2) is 26.2 Å². The van der Waals surface area contributed by atoms with Gasteiger partial charge >= 0.3 is 0 Å². The molecule has 26 heavy (non-hydrogen) atoms. The Morgan fingerprint density at radius 2 is 1.77 bits per heavy atom. The molecule has 0 saturated carbocycles. The zero-order valence-electron chi connectivity index (χ0n) is 15.3. The minimum absolute atomic E-state index is 0. The monoisotopic (exact) mass is 471 g/mol. The van der Waals surface area contributed by atoms with Crippen molar-refractivity contribution < 1.29 is 9.13 Å². The summed E-state index contributed by atoms with van der Waals surface area (Å²) >= 11 is 0. The number of ether oxygens (including phenoxy) is 1. The lowest BCUT2D eigenvalue weighted by atomic mass is 10.1. The first kappa shape index (κ1) is 22.4. The average molecular weight is 471 g/mol. The zero-order chi connectivity index (χ0) is 17.9. The molecule has 2 N–H and O–H groups in total. The fourth-order valence-corrected chi connectivity index (χ4v) is 2.44. The van der Waals surface area contributed by atoms with Crippen LogP contribution in [-0.2, 0) is 24.3 Å². The SMILES string of the molecule is CCNC(=NCc1ccc(COC)cc1)NCCc1cccc(F)c1.I. The average Bonchev–Trinajstić information content (AvgIpc) is 2.61. The van der Waals surface area contributed by atoms with Crippen LogP contribution in [0.1, 0.15) is 23.6 Å². The van der Waals surface area contributed by atoms with Crippen molar-refractivity contribution in [3.05, 3.63) is 71.0 Å². The Hall–Kier alpha value is -1.67. The van der Waals surface area contributed by atoms with E-state index in [0.29, 0.717) is 19.7 Å². The largest absolute Gasteiger partial charge is 0.380 e. The molecule has 0 aliphatic rings. The second-order valence-electron chi connectivity index (χ2n) is 5.75. The maximum absolute atomic E-state index is 13.2. The van der Waals surface area contributed by atoms with Crippen molar-refractivity contribution in [1.82, 2.24) is 10.6 Å². The Labute approximate surface area is 172 Å². The fraction of sp³-hybridized carbons (Fsp3) is 0.350. The molecule has 0 fully saturated rings. The first-order chi connectivity index (χ1) is 12.2. The molecule has 2 aromatic rings. The Morgan fingerprint density at radius 3 is 2.42 bits per heavy atom. The van der Waals surface area contributed by atoms with Crippen molar-refractivity contribution in [3.8, 4) is 0 Å². The molecule has 0 aliphatic heterocycles. The first-order valence-corrected chi connectivity index (χ1v) is 8.54. The second kappa shape index (κ2) is 12.6. The van der Waals surface area contributed by atoms with Crippen molar-refractivity contribution in [1.29, 1.82) is 0 Å². The lowest BCUT2D eigenvalue weighted by Crippen LogP contribution is -2.38. The summed E-state index contributed by atoms with van der Waals surface area (Å²) in [4.78, 5) is 4.60. The summed E-state index contributed by atoms with van der Waals surface area (Å²) in [5.41, 5.74) is 3.26. The summed E-state index contributed by atoms with van der Waals surface area (Å²) in [6, 6.07) is 14.9. The fourth-order valence-electron chi connectivity index (χ4n) is 2.44. The molecule has 0 atom stereocenters. The molecule has 0 unspecified atom stereocenters. The first-order valence-electron chi connectivity index (χ1n) is 8.54. The van der Waals surface area contributed by atoms with Gasteiger partial charge in [-0.15, -0.1) is 24.0 Å². The van der Waals surface area contributed by atoms with Crippen LogP contribution in [0.5, 0.6) is 0 Å². The van der Waals surface area contributed by atoms with E-state index in [1.165, 1.54) is 6.07 Å².